The summed E-state index contributed by atoms with van der Waals surface area (Å²) in [6.07, 6.45) is 0.431. The molecule has 31 heavy (non-hydrogen) atoms. The van der Waals surface area contributed by atoms with E-state index in [2.05, 4.69) is 0 Å². The first kappa shape index (κ1) is 21.0. The van der Waals surface area contributed by atoms with Crippen molar-refractivity contribution in [3.63, 3.8) is 0 Å². The summed E-state index contributed by atoms with van der Waals surface area (Å²) >= 11 is 0. The van der Waals surface area contributed by atoms with E-state index in [1.54, 1.807) is 19.0 Å². The molecule has 164 valence electrons. The number of nitrogens with zero attached hydrogens (tertiary/aromatic N) is 1. The lowest BCUT2D eigenvalue weighted by atomic mass is 9.59. The number of aliphatic hydroxyl groups excluding tert-OH is 2. The van der Waals surface area contributed by atoms with Gasteiger partial charge in [-0.1, -0.05) is 6.07 Å². The van der Waals surface area contributed by atoms with Crippen molar-refractivity contribution in [1.82, 2.24) is 4.90 Å². The maximum Gasteiger partial charge on any atom is 0.255 e. The van der Waals surface area contributed by atoms with Crippen LogP contribution in [-0.4, -0.2) is 57.8 Å². The second kappa shape index (κ2) is 7.19. The number of primary amides is 1. The van der Waals surface area contributed by atoms with Crippen LogP contribution in [0.15, 0.2) is 29.0 Å². The number of Topliss-reactive ketones (excluding diaryl/α,β-unsaturated/α-hetero) is 2. The molecule has 0 spiro atoms. The average molecular weight is 430 g/mol. The summed E-state index contributed by atoms with van der Waals surface area (Å²) in [5.41, 5.74) is 5.40. The number of ketones is 2. The van der Waals surface area contributed by atoms with Crippen LogP contribution in [0, 0.1) is 17.8 Å². The molecule has 9 heteroatoms. The molecule has 4 rings (SSSR count). The van der Waals surface area contributed by atoms with Crippen LogP contribution in [0.25, 0.3) is 5.76 Å². The molecule has 1 aromatic carbocycles. The van der Waals surface area contributed by atoms with Crippen molar-refractivity contribution >= 4 is 23.2 Å². The van der Waals surface area contributed by atoms with E-state index in [0.29, 0.717) is 11.1 Å². The Kier molecular flexibility index (Phi) is 4.88. The summed E-state index contributed by atoms with van der Waals surface area (Å²) < 4.78 is 13.6. The first-order valence-corrected chi connectivity index (χ1v) is 9.91. The monoisotopic (exact) mass is 430 g/mol. The van der Waals surface area contributed by atoms with E-state index in [-0.39, 0.29) is 29.7 Å². The minimum Gasteiger partial charge on any atom is -0.510 e. The van der Waals surface area contributed by atoms with Gasteiger partial charge in [0, 0.05) is 5.57 Å². The number of halogens is 1. The molecule has 1 amide bonds. The summed E-state index contributed by atoms with van der Waals surface area (Å²) in [6.45, 7) is -0.803. The molecule has 4 atom stereocenters. The van der Waals surface area contributed by atoms with Crippen LogP contribution in [-0.2, 0) is 27.5 Å². The zero-order valence-electron chi connectivity index (χ0n) is 17.1. The van der Waals surface area contributed by atoms with Gasteiger partial charge in [0.2, 0.25) is 0 Å². The Hall–Kier alpha value is -3.20. The maximum absolute atomic E-state index is 13.6. The average Bonchev–Trinajstić information content (AvgIpc) is 2.67. The van der Waals surface area contributed by atoms with Gasteiger partial charge >= 0.3 is 0 Å². The molecule has 3 aliphatic carbocycles. The number of amides is 1. The Morgan fingerprint density at radius 2 is 1.87 bits per heavy atom. The molecule has 0 heterocycles. The molecule has 0 saturated heterocycles. The molecule has 1 saturated carbocycles. The first-order valence-electron chi connectivity index (χ1n) is 9.91. The highest BCUT2D eigenvalue weighted by molar-refractivity contribution is 6.28. The number of phenolic OH excluding ortho intramolecular Hbond substituents is 1. The molecule has 0 aliphatic heterocycles. The van der Waals surface area contributed by atoms with Gasteiger partial charge < -0.3 is 21.1 Å². The molecule has 0 bridgehead atoms. The fraction of sp³-hybridized carbons (Fsp3) is 0.409. The largest absolute Gasteiger partial charge is 0.510 e. The van der Waals surface area contributed by atoms with Crippen LogP contribution in [0.5, 0.6) is 5.75 Å². The van der Waals surface area contributed by atoms with Crippen molar-refractivity contribution in [2.45, 2.75) is 25.6 Å². The quantitative estimate of drug-likeness (QED) is 0.419. The molecule has 1 aromatic rings. The Morgan fingerprint density at radius 3 is 2.45 bits per heavy atom. The number of carbonyl (C=O) groups is 3. The molecule has 0 aromatic heterocycles. The number of alkyl halides is 1. The number of carbonyl (C=O) groups excluding carboxylic acids is 3. The number of hydrogen-bond acceptors (Lipinski definition) is 7. The predicted molar refractivity (Wildman–Crippen MR) is 108 cm³/mol. The van der Waals surface area contributed by atoms with E-state index in [0.717, 1.165) is 0 Å². The third kappa shape index (κ3) is 2.87. The lowest BCUT2D eigenvalue weighted by molar-refractivity contribution is -0.136. The summed E-state index contributed by atoms with van der Waals surface area (Å²) in [4.78, 5) is 40.0. The number of benzene rings is 1. The number of allylic oxidation sites excluding steroid dienone is 1. The smallest absolute Gasteiger partial charge is 0.255 e. The van der Waals surface area contributed by atoms with E-state index >= 15 is 0 Å². The number of rotatable bonds is 3. The van der Waals surface area contributed by atoms with Gasteiger partial charge in [0.15, 0.2) is 11.6 Å². The number of aromatic hydroxyl groups is 1. The topological polar surface area (TPSA) is 141 Å². The fourth-order valence-electron chi connectivity index (χ4n) is 5.46. The minimum atomic E-state index is -1.30. The van der Waals surface area contributed by atoms with Gasteiger partial charge in [-0.2, -0.15) is 0 Å². The van der Waals surface area contributed by atoms with Crippen LogP contribution in [0.2, 0.25) is 0 Å². The van der Waals surface area contributed by atoms with Crippen LogP contribution in [0.1, 0.15) is 23.1 Å². The van der Waals surface area contributed by atoms with Gasteiger partial charge in [-0.25, -0.2) is 4.39 Å². The van der Waals surface area contributed by atoms with E-state index < -0.39 is 65.0 Å². The number of aliphatic hydroxyl groups is 2. The maximum atomic E-state index is 13.6. The van der Waals surface area contributed by atoms with Gasteiger partial charge in [-0.05, 0) is 56.0 Å². The van der Waals surface area contributed by atoms with Crippen molar-refractivity contribution in [3.8, 4) is 5.75 Å². The summed E-state index contributed by atoms with van der Waals surface area (Å²) in [5.74, 6) is -6.39. The Bertz CT molecular complexity index is 1090. The van der Waals surface area contributed by atoms with Gasteiger partial charge in [-0.3, -0.25) is 19.3 Å². The Labute approximate surface area is 177 Å². The zero-order valence-corrected chi connectivity index (χ0v) is 17.1. The minimum absolute atomic E-state index is 0.00543. The fourth-order valence-corrected chi connectivity index (χ4v) is 5.46. The second-order valence-corrected chi connectivity index (χ2v) is 8.53. The SMILES string of the molecule is CN(C)[C@@H]1C(O)=C(C(N)=O)C(=O)C2C(=O)C3=C(O)c4c(O)ccc(CF)c4C[C@H]3C[C@H]21. The van der Waals surface area contributed by atoms with Gasteiger partial charge in [0.1, 0.15) is 29.5 Å². The highest BCUT2D eigenvalue weighted by atomic mass is 19.1. The van der Waals surface area contributed by atoms with Crippen LogP contribution in [0.4, 0.5) is 4.39 Å². The third-order valence-electron chi connectivity index (χ3n) is 6.69. The van der Waals surface area contributed by atoms with Crippen molar-refractivity contribution < 1.29 is 34.1 Å². The number of fused-ring (bicyclic) bond motifs is 3. The first-order chi connectivity index (χ1) is 14.6. The van der Waals surface area contributed by atoms with Crippen LogP contribution >= 0.6 is 0 Å². The lowest BCUT2D eigenvalue weighted by Crippen LogP contribution is -2.55. The normalized spacial score (nSPS) is 27.9. The summed E-state index contributed by atoms with van der Waals surface area (Å²) in [5, 5.41) is 31.8. The van der Waals surface area contributed by atoms with Crippen molar-refractivity contribution in [1.29, 1.82) is 0 Å². The highest BCUT2D eigenvalue weighted by Gasteiger charge is 2.55. The summed E-state index contributed by atoms with van der Waals surface area (Å²) in [7, 11) is 3.30. The molecule has 1 unspecified atom stereocenters. The summed E-state index contributed by atoms with van der Waals surface area (Å²) in [6, 6.07) is 1.88. The number of hydrogen-bond donors (Lipinski definition) is 4. The van der Waals surface area contributed by atoms with Crippen molar-refractivity contribution in [3.05, 3.63) is 45.7 Å². The van der Waals surface area contributed by atoms with Gasteiger partial charge in [0.05, 0.1) is 17.5 Å². The Balaban J connectivity index is 1.91. The molecule has 1 fully saturated rings. The zero-order chi connectivity index (χ0) is 22.8. The van der Waals surface area contributed by atoms with E-state index in [9.17, 15) is 34.1 Å². The third-order valence-corrected chi connectivity index (χ3v) is 6.69. The van der Waals surface area contributed by atoms with E-state index in [4.69, 9.17) is 5.73 Å². The number of likely N-dealkylation sites (N-methyl/N-ethyl adjacent to an activating group) is 1. The predicted octanol–water partition coefficient (Wildman–Crippen LogP) is 1.32. The van der Waals surface area contributed by atoms with E-state index in [1.165, 1.54) is 12.1 Å². The van der Waals surface area contributed by atoms with Gasteiger partial charge in [0.25, 0.3) is 5.91 Å². The molecule has 5 N–H and O–H groups in total. The van der Waals surface area contributed by atoms with Crippen molar-refractivity contribution in [2.24, 2.45) is 23.5 Å². The second-order valence-electron chi connectivity index (χ2n) is 8.53. The molecule has 0 radical (unpaired) electrons. The van der Waals surface area contributed by atoms with Crippen LogP contribution in [0.3, 0.4) is 0 Å². The standard InChI is InChI=1S/C22H23FN2O6/c1-25(2)17-11-6-9-5-10-8(7-23)3-4-12(26)14(10)18(27)13(9)19(28)15(11)20(29)16(21(17)30)22(24)31/h3-4,9,11,15,17,26-27,30H,5-7H2,1-2H3,(H2,24,31)/t9-,11+,15?,17-/m0/s1. The van der Waals surface area contributed by atoms with Crippen molar-refractivity contribution in [2.75, 3.05) is 14.1 Å². The molecule has 3 aliphatic rings. The molecule has 8 nitrogen and oxygen atoms in total. The molecular weight excluding hydrogens is 407 g/mol. The highest BCUT2D eigenvalue weighted by Crippen LogP contribution is 2.50. The van der Waals surface area contributed by atoms with Crippen LogP contribution < -0.4 is 5.73 Å². The lowest BCUT2D eigenvalue weighted by Gasteiger charge is -2.46. The number of nitrogens with two attached hydrogens (primary N) is 1. The van der Waals surface area contributed by atoms with Gasteiger partial charge in [-0.15, -0.1) is 0 Å². The Morgan fingerprint density at radius 1 is 1.19 bits per heavy atom. The number of phenols is 1. The molecular formula is C22H23FN2O6. The van der Waals surface area contributed by atoms with E-state index in [1.807, 2.05) is 0 Å².